The third-order valence-electron chi connectivity index (χ3n) is 3.77. The first-order valence-corrected chi connectivity index (χ1v) is 8.46. The summed E-state index contributed by atoms with van der Waals surface area (Å²) in [4.78, 5) is 13.7. The van der Waals surface area contributed by atoms with E-state index in [0.717, 1.165) is 29.1 Å². The Morgan fingerprint density at radius 3 is 2.64 bits per heavy atom. The molecule has 1 saturated carbocycles. The molecule has 0 aliphatic heterocycles. The van der Waals surface area contributed by atoms with Crippen LogP contribution in [0.15, 0.2) is 46.6 Å². The highest BCUT2D eigenvalue weighted by atomic mass is 35.5. The summed E-state index contributed by atoms with van der Waals surface area (Å²) in [6.07, 6.45) is 2.12. The van der Waals surface area contributed by atoms with Gasteiger partial charge < -0.3 is 0 Å². The lowest BCUT2D eigenvalue weighted by molar-refractivity contribution is 0.626. The van der Waals surface area contributed by atoms with Crippen LogP contribution in [0.4, 0.5) is 0 Å². The molecule has 0 radical (unpaired) electrons. The van der Waals surface area contributed by atoms with Crippen LogP contribution in [0.1, 0.15) is 24.4 Å². The van der Waals surface area contributed by atoms with Crippen molar-refractivity contribution in [1.29, 1.82) is 0 Å². The summed E-state index contributed by atoms with van der Waals surface area (Å²) in [5, 5.41) is 7.28. The predicted molar refractivity (Wildman–Crippen MR) is 88.6 cm³/mol. The van der Waals surface area contributed by atoms with Crippen molar-refractivity contribution in [3.63, 3.8) is 0 Å². The summed E-state index contributed by atoms with van der Waals surface area (Å²) in [6.45, 7) is 0.466. The lowest BCUT2D eigenvalue weighted by Crippen LogP contribution is -2.25. The second kappa shape index (κ2) is 5.41. The number of nitrogens with zero attached hydrogens (tertiary/aromatic N) is 3. The molecule has 6 heteroatoms. The average molecular weight is 332 g/mol. The lowest BCUT2D eigenvalue weighted by Gasteiger charge is -2.00. The molecular formula is C16H14ClN3OS. The van der Waals surface area contributed by atoms with E-state index in [0.29, 0.717) is 17.6 Å². The highest BCUT2D eigenvalue weighted by Gasteiger charge is 2.30. The van der Waals surface area contributed by atoms with Gasteiger partial charge in [0.05, 0.1) is 11.4 Å². The number of thiophene rings is 1. The molecule has 1 aromatic carbocycles. The van der Waals surface area contributed by atoms with Gasteiger partial charge in [0.1, 0.15) is 0 Å². The van der Waals surface area contributed by atoms with E-state index in [-0.39, 0.29) is 5.69 Å². The van der Waals surface area contributed by atoms with Crippen molar-refractivity contribution in [3.8, 4) is 10.7 Å². The van der Waals surface area contributed by atoms with Gasteiger partial charge in [-0.3, -0.25) is 4.57 Å². The van der Waals surface area contributed by atoms with Crippen LogP contribution in [0.2, 0.25) is 5.02 Å². The zero-order chi connectivity index (χ0) is 15.1. The topological polar surface area (TPSA) is 39.8 Å². The number of aromatic nitrogens is 3. The molecular weight excluding hydrogens is 318 g/mol. The normalized spacial score (nSPS) is 14.4. The molecule has 1 fully saturated rings. The predicted octanol–water partition coefficient (Wildman–Crippen LogP) is 3.81. The molecule has 0 amide bonds. The van der Waals surface area contributed by atoms with Crippen molar-refractivity contribution >= 4 is 22.9 Å². The number of benzene rings is 1. The molecule has 0 N–H and O–H groups in total. The Morgan fingerprint density at radius 1 is 1.23 bits per heavy atom. The molecule has 0 atom stereocenters. The lowest BCUT2D eigenvalue weighted by atomic mass is 10.2. The van der Waals surface area contributed by atoms with Gasteiger partial charge in [0.25, 0.3) is 0 Å². The average Bonchev–Trinajstić information content (AvgIpc) is 3.09. The first-order valence-electron chi connectivity index (χ1n) is 7.20. The molecule has 0 unspecified atom stereocenters. The van der Waals surface area contributed by atoms with E-state index in [1.54, 1.807) is 16.0 Å². The minimum absolute atomic E-state index is 0.0270. The third kappa shape index (κ3) is 2.51. The summed E-state index contributed by atoms with van der Waals surface area (Å²) in [5.74, 6) is 0.788. The van der Waals surface area contributed by atoms with Crippen molar-refractivity contribution in [1.82, 2.24) is 14.3 Å². The summed E-state index contributed by atoms with van der Waals surface area (Å²) >= 11 is 7.52. The van der Waals surface area contributed by atoms with Gasteiger partial charge in [0.2, 0.25) is 0 Å². The van der Waals surface area contributed by atoms with Crippen LogP contribution >= 0.6 is 22.9 Å². The van der Waals surface area contributed by atoms with E-state index >= 15 is 0 Å². The largest absolute Gasteiger partial charge is 0.346 e. The smallest absolute Gasteiger partial charge is 0.271 e. The molecule has 0 spiro atoms. The van der Waals surface area contributed by atoms with Gasteiger partial charge in [0.15, 0.2) is 5.82 Å². The maximum atomic E-state index is 12.7. The number of hydrogen-bond donors (Lipinski definition) is 0. The van der Waals surface area contributed by atoms with Gasteiger partial charge in [-0.05, 0) is 42.0 Å². The second-order valence-electron chi connectivity index (χ2n) is 5.47. The molecule has 3 aromatic rings. The zero-order valence-electron chi connectivity index (χ0n) is 11.8. The van der Waals surface area contributed by atoms with Gasteiger partial charge in [0, 0.05) is 11.1 Å². The van der Waals surface area contributed by atoms with Crippen molar-refractivity contribution in [2.24, 2.45) is 0 Å². The van der Waals surface area contributed by atoms with Crippen molar-refractivity contribution < 1.29 is 0 Å². The van der Waals surface area contributed by atoms with Gasteiger partial charge in [-0.2, -0.15) is 0 Å². The fraction of sp³-hybridized carbons (Fsp3) is 0.250. The van der Waals surface area contributed by atoms with Gasteiger partial charge in [-0.15, -0.1) is 16.4 Å². The molecule has 2 aromatic heterocycles. The van der Waals surface area contributed by atoms with Crippen molar-refractivity contribution in [2.45, 2.75) is 25.4 Å². The van der Waals surface area contributed by atoms with E-state index in [1.165, 1.54) is 0 Å². The standard InChI is InChI=1S/C16H14ClN3OS/c17-12-5-3-11(4-6-12)10-19-16(21)20(13-7-8-13)15(18-19)14-2-1-9-22-14/h1-6,9,13H,7-8,10H2. The van der Waals surface area contributed by atoms with Gasteiger partial charge in [-0.25, -0.2) is 9.48 Å². The monoisotopic (exact) mass is 331 g/mol. The highest BCUT2D eigenvalue weighted by molar-refractivity contribution is 7.13. The molecule has 112 valence electrons. The molecule has 22 heavy (non-hydrogen) atoms. The Balaban J connectivity index is 1.75. The fourth-order valence-corrected chi connectivity index (χ4v) is 3.35. The Morgan fingerprint density at radius 2 is 2.00 bits per heavy atom. The van der Waals surface area contributed by atoms with Crippen LogP contribution in [0.25, 0.3) is 10.7 Å². The van der Waals surface area contributed by atoms with Crippen LogP contribution in [0.5, 0.6) is 0 Å². The third-order valence-corrected chi connectivity index (χ3v) is 4.89. The Hall–Kier alpha value is -1.85. The number of halogens is 1. The van der Waals surface area contributed by atoms with E-state index < -0.39 is 0 Å². The first-order chi connectivity index (χ1) is 10.7. The SMILES string of the molecule is O=c1n(Cc2ccc(Cl)cc2)nc(-c2cccs2)n1C1CC1. The maximum absolute atomic E-state index is 12.7. The molecule has 1 aliphatic rings. The van der Waals surface area contributed by atoms with Crippen LogP contribution in [0, 0.1) is 0 Å². The molecule has 2 heterocycles. The van der Waals surface area contributed by atoms with Crippen molar-refractivity contribution in [2.75, 3.05) is 0 Å². The van der Waals surface area contributed by atoms with Crippen LogP contribution < -0.4 is 5.69 Å². The van der Waals surface area contributed by atoms with E-state index in [4.69, 9.17) is 11.6 Å². The Bertz CT molecular complexity index is 845. The van der Waals surface area contributed by atoms with Gasteiger partial charge >= 0.3 is 5.69 Å². The molecule has 1 aliphatic carbocycles. The summed E-state index contributed by atoms with van der Waals surface area (Å²) in [7, 11) is 0. The van der Waals surface area contributed by atoms with Crippen LogP contribution in [-0.2, 0) is 6.54 Å². The number of hydrogen-bond acceptors (Lipinski definition) is 3. The van der Waals surface area contributed by atoms with E-state index in [1.807, 2.05) is 46.3 Å². The van der Waals surface area contributed by atoms with Gasteiger partial charge in [-0.1, -0.05) is 29.8 Å². The quantitative estimate of drug-likeness (QED) is 0.729. The van der Waals surface area contributed by atoms with Crippen LogP contribution in [-0.4, -0.2) is 14.3 Å². The van der Waals surface area contributed by atoms with E-state index in [2.05, 4.69) is 5.10 Å². The van der Waals surface area contributed by atoms with Crippen molar-refractivity contribution in [3.05, 3.63) is 62.8 Å². The zero-order valence-corrected chi connectivity index (χ0v) is 13.3. The van der Waals surface area contributed by atoms with Crippen LogP contribution in [0.3, 0.4) is 0 Å². The minimum atomic E-state index is -0.0270. The first kappa shape index (κ1) is 13.8. The second-order valence-corrected chi connectivity index (χ2v) is 6.85. The fourth-order valence-electron chi connectivity index (χ4n) is 2.52. The maximum Gasteiger partial charge on any atom is 0.346 e. The summed E-state index contributed by atoms with van der Waals surface area (Å²) in [6, 6.07) is 11.8. The minimum Gasteiger partial charge on any atom is -0.271 e. The van der Waals surface area contributed by atoms with E-state index in [9.17, 15) is 4.79 Å². The summed E-state index contributed by atoms with van der Waals surface area (Å²) < 4.78 is 3.40. The highest BCUT2D eigenvalue weighted by Crippen LogP contribution is 2.37. The summed E-state index contributed by atoms with van der Waals surface area (Å²) in [5.41, 5.74) is 0.991. The Kier molecular flexibility index (Phi) is 3.39. The molecule has 0 bridgehead atoms. The molecule has 4 nitrogen and oxygen atoms in total. The molecule has 0 saturated heterocycles. The number of rotatable bonds is 4. The molecule has 4 rings (SSSR count). The Labute approximate surface area is 136 Å².